The van der Waals surface area contributed by atoms with Crippen molar-refractivity contribution >= 4 is 21.5 Å². The van der Waals surface area contributed by atoms with Gasteiger partial charge in [-0.05, 0) is 61.9 Å². The number of benzene rings is 2. The lowest BCUT2D eigenvalue weighted by Crippen LogP contribution is -2.32. The molecule has 10 heteroatoms. The normalized spacial score (nSPS) is 16.0. The van der Waals surface area contributed by atoms with E-state index in [1.807, 2.05) is 37.3 Å². The molecule has 1 aromatic heterocycles. The summed E-state index contributed by atoms with van der Waals surface area (Å²) in [6, 6.07) is 15.2. The first-order valence-electron chi connectivity index (χ1n) is 11.7. The highest BCUT2D eigenvalue weighted by atomic mass is 32.2. The minimum Gasteiger partial charge on any atom is -0.488 e. The van der Waals surface area contributed by atoms with Gasteiger partial charge in [-0.3, -0.25) is 0 Å². The van der Waals surface area contributed by atoms with E-state index in [2.05, 4.69) is 10.3 Å². The number of esters is 1. The highest BCUT2D eigenvalue weighted by molar-refractivity contribution is 7.90. The van der Waals surface area contributed by atoms with Crippen LogP contribution >= 0.6 is 0 Å². The summed E-state index contributed by atoms with van der Waals surface area (Å²) in [6.07, 6.45) is 3.48. The number of sulfone groups is 1. The lowest BCUT2D eigenvalue weighted by molar-refractivity contribution is -0.142. The molecule has 2 atom stereocenters. The maximum absolute atomic E-state index is 11.9. The molecule has 196 valence electrons. The maximum Gasteiger partial charge on any atom is 0.328 e. The third-order valence-electron chi connectivity index (χ3n) is 5.77. The number of aromatic amines is 1. The Balaban J connectivity index is 1.61. The SMILES string of the molecule is COC[C@H](C)Oc1cc(Oc2ccc(S(C)(=O)=O)cc2)cc(-c2ccc(C3=CCC(C(=O)OC)N3)[nH]2)c1. The van der Waals surface area contributed by atoms with Crippen molar-refractivity contribution in [1.29, 1.82) is 0 Å². The van der Waals surface area contributed by atoms with Crippen molar-refractivity contribution in [3.63, 3.8) is 0 Å². The van der Waals surface area contributed by atoms with Gasteiger partial charge in [-0.1, -0.05) is 6.08 Å². The van der Waals surface area contributed by atoms with Crippen molar-refractivity contribution in [2.45, 2.75) is 30.4 Å². The van der Waals surface area contributed by atoms with Crippen molar-refractivity contribution in [1.82, 2.24) is 10.3 Å². The van der Waals surface area contributed by atoms with Crippen LogP contribution in [0.3, 0.4) is 0 Å². The molecule has 37 heavy (non-hydrogen) atoms. The number of carbonyl (C=O) groups excluding carboxylic acids is 1. The summed E-state index contributed by atoms with van der Waals surface area (Å²) in [6.45, 7) is 2.32. The fourth-order valence-electron chi connectivity index (χ4n) is 3.99. The highest BCUT2D eigenvalue weighted by Crippen LogP contribution is 2.34. The monoisotopic (exact) mass is 526 g/mol. The van der Waals surface area contributed by atoms with E-state index in [-0.39, 0.29) is 17.0 Å². The molecule has 0 amide bonds. The quantitative estimate of drug-likeness (QED) is 0.378. The molecule has 0 saturated heterocycles. The van der Waals surface area contributed by atoms with E-state index >= 15 is 0 Å². The van der Waals surface area contributed by atoms with E-state index in [1.165, 1.54) is 19.2 Å². The second-order valence-electron chi connectivity index (χ2n) is 8.78. The van der Waals surface area contributed by atoms with E-state index in [1.54, 1.807) is 25.3 Å². The van der Waals surface area contributed by atoms with Crippen molar-refractivity contribution in [2.75, 3.05) is 27.1 Å². The molecule has 1 unspecified atom stereocenters. The number of carbonyl (C=O) groups is 1. The molecular weight excluding hydrogens is 496 g/mol. The number of hydrogen-bond acceptors (Lipinski definition) is 8. The maximum atomic E-state index is 11.9. The second kappa shape index (κ2) is 11.1. The van der Waals surface area contributed by atoms with Crippen LogP contribution in [0.2, 0.25) is 0 Å². The molecular formula is C27H30N2O7S. The number of rotatable bonds is 10. The third kappa shape index (κ3) is 6.52. The Morgan fingerprint density at radius 3 is 2.38 bits per heavy atom. The number of hydrogen-bond donors (Lipinski definition) is 2. The lowest BCUT2D eigenvalue weighted by Gasteiger charge is -2.16. The molecule has 0 radical (unpaired) electrons. The standard InChI is InChI=1S/C27H30N2O7S/c1-17(16-33-2)35-20-13-18(14-21(15-20)36-19-5-7-22(8-6-19)37(4,31)32)23-9-10-24(28-23)25-11-12-26(29-25)27(30)34-3/h5-11,13-15,17,26,28-29H,12,16H2,1-4H3/t17-,26?/m0/s1. The molecule has 4 rings (SSSR count). The van der Waals surface area contributed by atoms with Crippen LogP contribution in [0.25, 0.3) is 17.0 Å². The summed E-state index contributed by atoms with van der Waals surface area (Å²) in [4.78, 5) is 15.5. The first-order chi connectivity index (χ1) is 17.7. The summed E-state index contributed by atoms with van der Waals surface area (Å²) in [5, 5.41) is 3.18. The molecule has 0 bridgehead atoms. The van der Waals surface area contributed by atoms with Gasteiger partial charge in [0.1, 0.15) is 29.4 Å². The smallest absolute Gasteiger partial charge is 0.328 e. The fourth-order valence-corrected chi connectivity index (χ4v) is 4.62. The highest BCUT2D eigenvalue weighted by Gasteiger charge is 2.25. The minimum absolute atomic E-state index is 0.190. The zero-order valence-corrected chi connectivity index (χ0v) is 21.9. The van der Waals surface area contributed by atoms with Gasteiger partial charge in [0.15, 0.2) is 9.84 Å². The van der Waals surface area contributed by atoms with Gasteiger partial charge in [-0.2, -0.15) is 0 Å². The van der Waals surface area contributed by atoms with Crippen LogP contribution in [0.1, 0.15) is 19.0 Å². The Bertz CT molecular complexity index is 1390. The van der Waals surface area contributed by atoms with Crippen LogP contribution in [-0.4, -0.2) is 58.6 Å². The first-order valence-corrected chi connectivity index (χ1v) is 13.6. The van der Waals surface area contributed by atoms with Crippen LogP contribution in [-0.2, 0) is 24.1 Å². The van der Waals surface area contributed by atoms with Gasteiger partial charge in [0.2, 0.25) is 0 Å². The van der Waals surface area contributed by atoms with Crippen LogP contribution in [0.5, 0.6) is 17.2 Å². The Kier molecular flexibility index (Phi) is 7.89. The van der Waals surface area contributed by atoms with Crippen LogP contribution in [0, 0.1) is 0 Å². The summed E-state index contributed by atoms with van der Waals surface area (Å²) in [7, 11) is -0.317. The third-order valence-corrected chi connectivity index (χ3v) is 6.90. The van der Waals surface area contributed by atoms with Crippen molar-refractivity contribution in [3.8, 4) is 28.5 Å². The number of nitrogens with one attached hydrogen (secondary N) is 2. The van der Waals surface area contributed by atoms with E-state index in [4.69, 9.17) is 18.9 Å². The Hall–Kier alpha value is -3.76. The summed E-state index contributed by atoms with van der Waals surface area (Å²) in [5.74, 6) is 1.29. The number of ether oxygens (including phenoxy) is 4. The van der Waals surface area contributed by atoms with Gasteiger partial charge in [0.05, 0.1) is 30.0 Å². The number of H-pyrrole nitrogens is 1. The molecule has 1 aliphatic heterocycles. The minimum atomic E-state index is -3.30. The fraction of sp³-hybridized carbons (Fsp3) is 0.296. The van der Waals surface area contributed by atoms with Crippen LogP contribution in [0.4, 0.5) is 0 Å². The summed E-state index contributed by atoms with van der Waals surface area (Å²) < 4.78 is 45.7. The number of aromatic nitrogens is 1. The van der Waals surface area contributed by atoms with Crippen molar-refractivity contribution in [2.24, 2.45) is 0 Å². The van der Waals surface area contributed by atoms with E-state index in [0.717, 1.165) is 28.9 Å². The van der Waals surface area contributed by atoms with Crippen molar-refractivity contribution < 1.29 is 32.2 Å². The second-order valence-corrected chi connectivity index (χ2v) is 10.8. The molecule has 2 heterocycles. The van der Waals surface area contributed by atoms with Gasteiger partial charge in [-0.25, -0.2) is 13.2 Å². The van der Waals surface area contributed by atoms with E-state index in [0.29, 0.717) is 30.3 Å². The first kappa shape index (κ1) is 26.3. The molecule has 2 N–H and O–H groups in total. The molecule has 0 spiro atoms. The van der Waals surface area contributed by atoms with Crippen LogP contribution in [0.15, 0.2) is 65.6 Å². The van der Waals surface area contributed by atoms with Gasteiger partial charge >= 0.3 is 5.97 Å². The lowest BCUT2D eigenvalue weighted by atomic mass is 10.1. The van der Waals surface area contributed by atoms with Gasteiger partial charge in [0, 0.05) is 30.7 Å². The van der Waals surface area contributed by atoms with Crippen molar-refractivity contribution in [3.05, 3.63) is 66.4 Å². The van der Waals surface area contributed by atoms with E-state index < -0.39 is 15.9 Å². The Morgan fingerprint density at radius 2 is 1.70 bits per heavy atom. The van der Waals surface area contributed by atoms with Gasteiger partial charge in [-0.15, -0.1) is 0 Å². The van der Waals surface area contributed by atoms with Crippen LogP contribution < -0.4 is 14.8 Å². The average molecular weight is 527 g/mol. The van der Waals surface area contributed by atoms with E-state index in [9.17, 15) is 13.2 Å². The molecule has 1 aliphatic rings. The molecule has 9 nitrogen and oxygen atoms in total. The zero-order chi connectivity index (χ0) is 26.6. The number of methoxy groups -OCH3 is 2. The Labute approximate surface area is 216 Å². The summed E-state index contributed by atoms with van der Waals surface area (Å²) in [5.41, 5.74) is 3.30. The molecule has 0 saturated carbocycles. The largest absolute Gasteiger partial charge is 0.488 e. The summed E-state index contributed by atoms with van der Waals surface area (Å²) >= 11 is 0. The molecule has 0 aliphatic carbocycles. The van der Waals surface area contributed by atoms with Gasteiger partial charge < -0.3 is 29.2 Å². The zero-order valence-electron chi connectivity index (χ0n) is 21.1. The molecule has 0 fully saturated rings. The molecule has 3 aromatic rings. The topological polar surface area (TPSA) is 116 Å². The molecule has 2 aromatic carbocycles. The van der Waals surface area contributed by atoms with Gasteiger partial charge in [0.25, 0.3) is 0 Å². The predicted molar refractivity (Wildman–Crippen MR) is 139 cm³/mol. The predicted octanol–water partition coefficient (Wildman–Crippen LogP) is 4.17. The average Bonchev–Trinajstić information content (AvgIpc) is 3.53. The Morgan fingerprint density at radius 1 is 1.00 bits per heavy atom.